The fourth-order valence-electron chi connectivity index (χ4n) is 1.63. The lowest BCUT2D eigenvalue weighted by Gasteiger charge is -2.30. The standard InChI is InChI=1S/C11H20O6/c1-5-15-9(13)11(4,14)8(12)7-6-16-10(2,3)17-7/h7-8,12,14H,5-6H2,1-4H3/t7-,8-,11+/m1/s1. The summed E-state index contributed by atoms with van der Waals surface area (Å²) in [5.74, 6) is -1.70. The molecule has 0 spiro atoms. The summed E-state index contributed by atoms with van der Waals surface area (Å²) >= 11 is 0. The Hall–Kier alpha value is -0.690. The Labute approximate surface area is 100 Å². The molecule has 0 aromatic rings. The maximum atomic E-state index is 11.5. The summed E-state index contributed by atoms with van der Waals surface area (Å²) in [7, 11) is 0. The van der Waals surface area contributed by atoms with Crippen molar-refractivity contribution in [3.8, 4) is 0 Å². The molecule has 6 heteroatoms. The molecule has 17 heavy (non-hydrogen) atoms. The van der Waals surface area contributed by atoms with Crippen LogP contribution in [0.25, 0.3) is 0 Å². The quantitative estimate of drug-likeness (QED) is 0.671. The molecule has 1 saturated heterocycles. The zero-order chi connectivity index (χ0) is 13.3. The van der Waals surface area contributed by atoms with Crippen molar-refractivity contribution in [2.75, 3.05) is 13.2 Å². The molecule has 0 bridgehead atoms. The predicted octanol–water partition coefficient (Wildman–Crippen LogP) is -0.187. The van der Waals surface area contributed by atoms with Gasteiger partial charge in [-0.15, -0.1) is 0 Å². The minimum absolute atomic E-state index is 0.115. The zero-order valence-corrected chi connectivity index (χ0v) is 10.6. The van der Waals surface area contributed by atoms with Crippen LogP contribution in [0.2, 0.25) is 0 Å². The second-order valence-corrected chi connectivity index (χ2v) is 4.68. The van der Waals surface area contributed by atoms with Crippen LogP contribution >= 0.6 is 0 Å². The van der Waals surface area contributed by atoms with Crippen LogP contribution in [-0.4, -0.2) is 53.0 Å². The Balaban J connectivity index is 2.69. The summed E-state index contributed by atoms with van der Waals surface area (Å²) < 4.78 is 15.3. The molecule has 3 atom stereocenters. The number of carbonyl (C=O) groups excluding carboxylic acids is 1. The van der Waals surface area contributed by atoms with Gasteiger partial charge in [-0.2, -0.15) is 0 Å². The van der Waals surface area contributed by atoms with E-state index in [9.17, 15) is 15.0 Å². The monoisotopic (exact) mass is 248 g/mol. The minimum atomic E-state index is -2.01. The lowest BCUT2D eigenvalue weighted by atomic mass is 9.95. The Morgan fingerprint density at radius 2 is 2.24 bits per heavy atom. The normalized spacial score (nSPS) is 28.5. The first kappa shape index (κ1) is 14.4. The van der Waals surface area contributed by atoms with E-state index < -0.39 is 29.6 Å². The van der Waals surface area contributed by atoms with Crippen molar-refractivity contribution < 1.29 is 29.2 Å². The molecule has 100 valence electrons. The molecule has 1 aliphatic rings. The number of ether oxygens (including phenoxy) is 3. The van der Waals surface area contributed by atoms with Crippen LogP contribution in [0.15, 0.2) is 0 Å². The lowest BCUT2D eigenvalue weighted by Crippen LogP contribution is -2.54. The van der Waals surface area contributed by atoms with E-state index in [1.165, 1.54) is 6.92 Å². The van der Waals surface area contributed by atoms with Crippen molar-refractivity contribution in [1.29, 1.82) is 0 Å². The molecule has 1 fully saturated rings. The Kier molecular flexibility index (Phi) is 4.14. The molecule has 0 aromatic heterocycles. The summed E-state index contributed by atoms with van der Waals surface area (Å²) in [6.07, 6.45) is -2.16. The Bertz CT molecular complexity index is 286. The van der Waals surface area contributed by atoms with Gasteiger partial charge in [-0.3, -0.25) is 0 Å². The molecule has 0 aliphatic carbocycles. The van der Waals surface area contributed by atoms with E-state index in [1.54, 1.807) is 20.8 Å². The maximum Gasteiger partial charge on any atom is 0.340 e. The number of hydrogen-bond donors (Lipinski definition) is 2. The van der Waals surface area contributed by atoms with Gasteiger partial charge in [0.05, 0.1) is 13.2 Å². The van der Waals surface area contributed by atoms with Crippen molar-refractivity contribution in [3.63, 3.8) is 0 Å². The van der Waals surface area contributed by atoms with E-state index in [1.807, 2.05) is 0 Å². The molecule has 0 aromatic carbocycles. The van der Waals surface area contributed by atoms with Crippen molar-refractivity contribution in [3.05, 3.63) is 0 Å². The maximum absolute atomic E-state index is 11.5. The molecule has 0 amide bonds. The molecule has 1 heterocycles. The van der Waals surface area contributed by atoms with Gasteiger partial charge in [0.2, 0.25) is 0 Å². The van der Waals surface area contributed by atoms with Gasteiger partial charge in [-0.05, 0) is 27.7 Å². The largest absolute Gasteiger partial charge is 0.464 e. The van der Waals surface area contributed by atoms with E-state index in [0.29, 0.717) is 0 Å². The van der Waals surface area contributed by atoms with Crippen LogP contribution in [0.5, 0.6) is 0 Å². The van der Waals surface area contributed by atoms with Crippen molar-refractivity contribution in [2.24, 2.45) is 0 Å². The third-order valence-electron chi connectivity index (χ3n) is 2.65. The van der Waals surface area contributed by atoms with E-state index in [-0.39, 0.29) is 13.2 Å². The number of esters is 1. The van der Waals surface area contributed by atoms with Crippen LogP contribution in [0, 0.1) is 0 Å². The van der Waals surface area contributed by atoms with Gasteiger partial charge in [0.1, 0.15) is 12.2 Å². The second-order valence-electron chi connectivity index (χ2n) is 4.68. The zero-order valence-electron chi connectivity index (χ0n) is 10.6. The van der Waals surface area contributed by atoms with E-state index >= 15 is 0 Å². The summed E-state index contributed by atoms with van der Waals surface area (Å²) in [4.78, 5) is 11.5. The van der Waals surface area contributed by atoms with Crippen LogP contribution in [0.1, 0.15) is 27.7 Å². The van der Waals surface area contributed by atoms with Crippen molar-refractivity contribution in [1.82, 2.24) is 0 Å². The number of aliphatic hydroxyl groups is 2. The van der Waals surface area contributed by atoms with E-state index in [0.717, 1.165) is 0 Å². The van der Waals surface area contributed by atoms with Gasteiger partial charge in [0, 0.05) is 0 Å². The molecule has 2 N–H and O–H groups in total. The molecular weight excluding hydrogens is 228 g/mol. The molecule has 1 rings (SSSR count). The number of rotatable bonds is 4. The summed E-state index contributed by atoms with van der Waals surface area (Å²) in [5, 5.41) is 19.9. The molecule has 0 unspecified atom stereocenters. The minimum Gasteiger partial charge on any atom is -0.464 e. The Morgan fingerprint density at radius 1 is 1.65 bits per heavy atom. The topological polar surface area (TPSA) is 85.2 Å². The van der Waals surface area contributed by atoms with Crippen molar-refractivity contribution >= 4 is 5.97 Å². The molecule has 0 saturated carbocycles. The van der Waals surface area contributed by atoms with Gasteiger partial charge in [0.15, 0.2) is 11.4 Å². The fraction of sp³-hybridized carbons (Fsp3) is 0.909. The predicted molar refractivity (Wildman–Crippen MR) is 58.2 cm³/mol. The lowest BCUT2D eigenvalue weighted by molar-refractivity contribution is -0.195. The average molecular weight is 248 g/mol. The highest BCUT2D eigenvalue weighted by molar-refractivity contribution is 5.79. The highest BCUT2D eigenvalue weighted by atomic mass is 16.7. The third-order valence-corrected chi connectivity index (χ3v) is 2.65. The molecule has 1 aliphatic heterocycles. The van der Waals surface area contributed by atoms with Gasteiger partial charge < -0.3 is 24.4 Å². The first-order valence-electron chi connectivity index (χ1n) is 5.60. The second kappa shape index (κ2) is 4.89. The smallest absolute Gasteiger partial charge is 0.340 e. The van der Waals surface area contributed by atoms with Crippen LogP contribution in [0.3, 0.4) is 0 Å². The van der Waals surface area contributed by atoms with Gasteiger partial charge in [-0.1, -0.05) is 0 Å². The van der Waals surface area contributed by atoms with Crippen molar-refractivity contribution in [2.45, 2.75) is 51.3 Å². The number of aliphatic hydroxyl groups excluding tert-OH is 1. The number of hydrogen-bond acceptors (Lipinski definition) is 6. The first-order valence-corrected chi connectivity index (χ1v) is 5.60. The summed E-state index contributed by atoms with van der Waals surface area (Å²) in [6.45, 7) is 6.46. The molecule has 6 nitrogen and oxygen atoms in total. The average Bonchev–Trinajstić information content (AvgIpc) is 2.58. The number of carbonyl (C=O) groups is 1. The highest BCUT2D eigenvalue weighted by Gasteiger charge is 2.48. The molecular formula is C11H20O6. The fourth-order valence-corrected chi connectivity index (χ4v) is 1.63. The summed E-state index contributed by atoms with van der Waals surface area (Å²) in [6, 6.07) is 0. The van der Waals surface area contributed by atoms with Gasteiger partial charge in [0.25, 0.3) is 0 Å². The van der Waals surface area contributed by atoms with Gasteiger partial charge >= 0.3 is 5.97 Å². The third kappa shape index (κ3) is 3.16. The highest BCUT2D eigenvalue weighted by Crippen LogP contribution is 2.28. The van der Waals surface area contributed by atoms with Crippen LogP contribution in [0.4, 0.5) is 0 Å². The Morgan fingerprint density at radius 3 is 2.65 bits per heavy atom. The summed E-state index contributed by atoms with van der Waals surface area (Å²) in [5.41, 5.74) is -2.01. The SMILES string of the molecule is CCOC(=O)[C@@](C)(O)[C@H](O)[C@H]1COC(C)(C)O1. The van der Waals surface area contributed by atoms with Gasteiger partial charge in [-0.25, -0.2) is 4.79 Å². The van der Waals surface area contributed by atoms with Crippen LogP contribution in [-0.2, 0) is 19.0 Å². The van der Waals surface area contributed by atoms with Crippen LogP contribution < -0.4 is 0 Å². The molecule has 0 radical (unpaired) electrons. The van der Waals surface area contributed by atoms with E-state index in [2.05, 4.69) is 0 Å². The van der Waals surface area contributed by atoms with E-state index in [4.69, 9.17) is 14.2 Å². The first-order chi connectivity index (χ1) is 7.70.